The zero-order valence-corrected chi connectivity index (χ0v) is 17.9. The highest BCUT2D eigenvalue weighted by Crippen LogP contribution is 2.32. The SMILES string of the molecule is c1ccc(COc2cccc(-c3nc(-c4ccc5ccccc5c4)c4cnccn34)c2)cc1. The van der Waals surface area contributed by atoms with Gasteiger partial charge in [-0.3, -0.25) is 9.38 Å². The number of ether oxygens (including phenoxy) is 1. The molecular formula is C29H21N3O. The summed E-state index contributed by atoms with van der Waals surface area (Å²) in [6.45, 7) is 0.527. The standard InChI is InChI=1S/C29H21N3O/c1-2-7-21(8-3-1)20-33-26-12-6-11-25(18-26)29-31-28(27-19-30-15-16-32(27)29)24-14-13-22-9-4-5-10-23(22)17-24/h1-19H,20H2. The maximum Gasteiger partial charge on any atom is 0.145 e. The van der Waals surface area contributed by atoms with Gasteiger partial charge >= 0.3 is 0 Å². The molecule has 0 atom stereocenters. The highest BCUT2D eigenvalue weighted by Gasteiger charge is 2.15. The van der Waals surface area contributed by atoms with E-state index in [0.717, 1.165) is 39.5 Å². The van der Waals surface area contributed by atoms with E-state index < -0.39 is 0 Å². The summed E-state index contributed by atoms with van der Waals surface area (Å²) >= 11 is 0. The van der Waals surface area contributed by atoms with E-state index in [-0.39, 0.29) is 0 Å². The third kappa shape index (κ3) is 3.72. The van der Waals surface area contributed by atoms with E-state index in [1.807, 2.05) is 48.8 Å². The molecule has 2 aromatic heterocycles. The number of hydrogen-bond donors (Lipinski definition) is 0. The fourth-order valence-corrected chi connectivity index (χ4v) is 4.16. The highest BCUT2D eigenvalue weighted by atomic mass is 16.5. The molecule has 0 N–H and O–H groups in total. The quantitative estimate of drug-likeness (QED) is 0.304. The van der Waals surface area contributed by atoms with E-state index in [2.05, 4.69) is 70.0 Å². The van der Waals surface area contributed by atoms with Crippen molar-refractivity contribution >= 4 is 16.3 Å². The van der Waals surface area contributed by atoms with E-state index in [4.69, 9.17) is 9.72 Å². The molecule has 0 bridgehead atoms. The Morgan fingerprint density at radius 1 is 0.727 bits per heavy atom. The molecule has 0 saturated carbocycles. The first-order chi connectivity index (χ1) is 16.3. The first-order valence-electron chi connectivity index (χ1n) is 10.9. The summed E-state index contributed by atoms with van der Waals surface area (Å²) in [6.07, 6.45) is 5.62. The largest absolute Gasteiger partial charge is 0.489 e. The Morgan fingerprint density at radius 2 is 1.58 bits per heavy atom. The lowest BCUT2D eigenvalue weighted by molar-refractivity contribution is 0.306. The van der Waals surface area contributed by atoms with Crippen LogP contribution in [0.15, 0.2) is 116 Å². The van der Waals surface area contributed by atoms with Gasteiger partial charge in [0, 0.05) is 23.5 Å². The molecule has 0 saturated heterocycles. The lowest BCUT2D eigenvalue weighted by Gasteiger charge is -2.08. The van der Waals surface area contributed by atoms with Gasteiger partial charge in [-0.1, -0.05) is 78.9 Å². The van der Waals surface area contributed by atoms with Crippen LogP contribution in [0, 0.1) is 0 Å². The normalized spacial score (nSPS) is 11.2. The third-order valence-electron chi connectivity index (χ3n) is 5.81. The summed E-state index contributed by atoms with van der Waals surface area (Å²) in [5.74, 6) is 1.68. The minimum atomic E-state index is 0.527. The molecule has 2 heterocycles. The maximum atomic E-state index is 6.06. The smallest absolute Gasteiger partial charge is 0.145 e. The summed E-state index contributed by atoms with van der Waals surface area (Å²) < 4.78 is 8.15. The van der Waals surface area contributed by atoms with Gasteiger partial charge in [0.2, 0.25) is 0 Å². The number of rotatable bonds is 5. The summed E-state index contributed by atoms with van der Waals surface area (Å²) in [7, 11) is 0. The van der Waals surface area contributed by atoms with Gasteiger partial charge in [-0.05, 0) is 34.5 Å². The van der Waals surface area contributed by atoms with Crippen LogP contribution in [0.25, 0.3) is 38.9 Å². The molecule has 4 nitrogen and oxygen atoms in total. The lowest BCUT2D eigenvalue weighted by Crippen LogP contribution is -1.95. The van der Waals surface area contributed by atoms with Crippen molar-refractivity contribution in [2.45, 2.75) is 6.61 Å². The third-order valence-corrected chi connectivity index (χ3v) is 5.81. The van der Waals surface area contributed by atoms with E-state index >= 15 is 0 Å². The molecule has 0 radical (unpaired) electrons. The summed E-state index contributed by atoms with van der Waals surface area (Å²) in [5, 5.41) is 2.41. The van der Waals surface area contributed by atoms with Crippen LogP contribution in [0.1, 0.15) is 5.56 Å². The molecular weight excluding hydrogens is 406 g/mol. The second kappa shape index (κ2) is 8.24. The van der Waals surface area contributed by atoms with Crippen LogP contribution in [-0.4, -0.2) is 14.4 Å². The van der Waals surface area contributed by atoms with E-state index in [1.54, 1.807) is 6.20 Å². The molecule has 0 unspecified atom stereocenters. The highest BCUT2D eigenvalue weighted by molar-refractivity contribution is 5.90. The van der Waals surface area contributed by atoms with E-state index in [0.29, 0.717) is 6.61 Å². The Morgan fingerprint density at radius 3 is 2.48 bits per heavy atom. The Kier molecular flexibility index (Phi) is 4.81. The Bertz CT molecular complexity index is 1570. The average Bonchev–Trinajstić information content (AvgIpc) is 3.28. The van der Waals surface area contributed by atoms with Crippen LogP contribution in [0.3, 0.4) is 0 Å². The van der Waals surface area contributed by atoms with Gasteiger partial charge in [-0.2, -0.15) is 0 Å². The minimum Gasteiger partial charge on any atom is -0.489 e. The molecule has 0 aliphatic rings. The van der Waals surface area contributed by atoms with Crippen molar-refractivity contribution < 1.29 is 4.74 Å². The van der Waals surface area contributed by atoms with Gasteiger partial charge in [0.15, 0.2) is 0 Å². The second-order valence-corrected chi connectivity index (χ2v) is 7.98. The average molecular weight is 428 g/mol. The van der Waals surface area contributed by atoms with E-state index in [1.165, 1.54) is 10.8 Å². The summed E-state index contributed by atoms with van der Waals surface area (Å²) in [6, 6.07) is 33.1. The van der Waals surface area contributed by atoms with Crippen molar-refractivity contribution in [3.63, 3.8) is 0 Å². The van der Waals surface area contributed by atoms with Crippen LogP contribution < -0.4 is 4.74 Å². The summed E-state index contributed by atoms with van der Waals surface area (Å²) in [4.78, 5) is 9.43. The minimum absolute atomic E-state index is 0.527. The van der Waals surface area contributed by atoms with Crippen LogP contribution in [0.2, 0.25) is 0 Å². The van der Waals surface area contributed by atoms with Gasteiger partial charge in [0.1, 0.15) is 18.2 Å². The van der Waals surface area contributed by atoms with Crippen molar-refractivity contribution in [2.75, 3.05) is 0 Å². The van der Waals surface area contributed by atoms with Crippen molar-refractivity contribution in [2.24, 2.45) is 0 Å². The number of fused-ring (bicyclic) bond motifs is 2. The van der Waals surface area contributed by atoms with Crippen molar-refractivity contribution in [1.82, 2.24) is 14.4 Å². The molecule has 0 aliphatic heterocycles. The molecule has 0 aliphatic carbocycles. The fraction of sp³-hybridized carbons (Fsp3) is 0.0345. The Labute approximate surface area is 191 Å². The number of imidazole rings is 1. The molecule has 0 fully saturated rings. The van der Waals surface area contributed by atoms with Gasteiger partial charge in [-0.25, -0.2) is 4.98 Å². The predicted octanol–water partition coefficient (Wildman–Crippen LogP) is 6.80. The van der Waals surface area contributed by atoms with Crippen LogP contribution in [-0.2, 0) is 6.61 Å². The van der Waals surface area contributed by atoms with Gasteiger partial charge in [-0.15, -0.1) is 0 Å². The van der Waals surface area contributed by atoms with Gasteiger partial charge < -0.3 is 4.74 Å². The second-order valence-electron chi connectivity index (χ2n) is 7.98. The first-order valence-corrected chi connectivity index (χ1v) is 10.9. The number of aromatic nitrogens is 3. The van der Waals surface area contributed by atoms with Crippen molar-refractivity contribution in [3.05, 3.63) is 121 Å². The molecule has 0 spiro atoms. The molecule has 4 heteroatoms. The monoisotopic (exact) mass is 427 g/mol. The van der Waals surface area contributed by atoms with Crippen molar-refractivity contribution in [1.29, 1.82) is 0 Å². The Balaban J connectivity index is 1.41. The Hall–Kier alpha value is -4.44. The van der Waals surface area contributed by atoms with Gasteiger partial charge in [0.05, 0.1) is 17.4 Å². The lowest BCUT2D eigenvalue weighted by atomic mass is 10.0. The van der Waals surface area contributed by atoms with Crippen LogP contribution in [0.5, 0.6) is 5.75 Å². The summed E-state index contributed by atoms with van der Waals surface area (Å²) in [5.41, 5.74) is 5.09. The molecule has 6 rings (SSSR count). The van der Waals surface area contributed by atoms with Crippen molar-refractivity contribution in [3.8, 4) is 28.4 Å². The number of benzene rings is 4. The molecule has 158 valence electrons. The zero-order valence-electron chi connectivity index (χ0n) is 17.9. The topological polar surface area (TPSA) is 39.4 Å². The van der Waals surface area contributed by atoms with Crippen LogP contribution in [0.4, 0.5) is 0 Å². The van der Waals surface area contributed by atoms with Crippen LogP contribution >= 0.6 is 0 Å². The van der Waals surface area contributed by atoms with Gasteiger partial charge in [0.25, 0.3) is 0 Å². The molecule has 4 aromatic carbocycles. The predicted molar refractivity (Wildman–Crippen MR) is 132 cm³/mol. The molecule has 0 amide bonds. The molecule has 33 heavy (non-hydrogen) atoms. The zero-order chi connectivity index (χ0) is 22.0. The number of hydrogen-bond acceptors (Lipinski definition) is 3. The van der Waals surface area contributed by atoms with E-state index in [9.17, 15) is 0 Å². The maximum absolute atomic E-state index is 6.06. The number of nitrogens with zero attached hydrogens (tertiary/aromatic N) is 3. The first kappa shape index (κ1) is 19.3. The molecule has 6 aromatic rings. The fourth-order valence-electron chi connectivity index (χ4n) is 4.16.